The van der Waals surface area contributed by atoms with Gasteiger partial charge in [0.25, 0.3) is 0 Å². The number of aromatic nitrogens is 2. The molecule has 0 N–H and O–H groups in total. The van der Waals surface area contributed by atoms with Crippen LogP contribution in [0.1, 0.15) is 18.3 Å². The molecular weight excluding hydrogens is 328 g/mol. The van der Waals surface area contributed by atoms with Crippen LogP contribution in [0, 0.1) is 6.92 Å². The summed E-state index contributed by atoms with van der Waals surface area (Å²) in [6.45, 7) is 3.49. The molecule has 24 heavy (non-hydrogen) atoms. The van der Waals surface area contributed by atoms with E-state index in [9.17, 15) is 4.79 Å². The average Bonchev–Trinajstić information content (AvgIpc) is 2.95. The van der Waals surface area contributed by atoms with E-state index in [1.165, 1.54) is 18.3 Å². The lowest BCUT2D eigenvalue weighted by molar-refractivity contribution is -0.131. The van der Waals surface area contributed by atoms with Crippen LogP contribution in [0.15, 0.2) is 29.8 Å². The van der Waals surface area contributed by atoms with Crippen molar-refractivity contribution in [3.63, 3.8) is 0 Å². The monoisotopic (exact) mass is 344 g/mol. The third-order valence-electron chi connectivity index (χ3n) is 3.30. The lowest BCUT2D eigenvalue weighted by atomic mass is 10.2. The van der Waals surface area contributed by atoms with Gasteiger partial charge in [0, 0.05) is 28.6 Å². The number of hydrogen-bond donors (Lipinski definition) is 0. The fourth-order valence-electron chi connectivity index (χ4n) is 2.22. The van der Waals surface area contributed by atoms with Gasteiger partial charge < -0.3 is 14.2 Å². The zero-order valence-electron chi connectivity index (χ0n) is 13.5. The second-order valence-electron chi connectivity index (χ2n) is 5.09. The molecule has 0 unspecified atom stereocenters. The number of benzene rings is 1. The van der Waals surface area contributed by atoms with Gasteiger partial charge in [0.2, 0.25) is 5.88 Å². The number of aryl methyl sites for hydroxylation is 1. The van der Waals surface area contributed by atoms with Crippen molar-refractivity contribution in [3.05, 3.63) is 41.2 Å². The van der Waals surface area contributed by atoms with E-state index in [-0.39, 0.29) is 5.97 Å². The van der Waals surface area contributed by atoms with Gasteiger partial charge in [0.15, 0.2) is 0 Å². The van der Waals surface area contributed by atoms with Gasteiger partial charge in [0.1, 0.15) is 23.9 Å². The molecule has 2 aromatic heterocycles. The van der Waals surface area contributed by atoms with Crippen molar-refractivity contribution in [2.45, 2.75) is 20.5 Å². The number of carbonyl (C=O) groups excluding carboxylic acids is 1. The normalized spacial score (nSPS) is 10.6. The summed E-state index contributed by atoms with van der Waals surface area (Å²) >= 11 is 1.49. The second kappa shape index (κ2) is 6.84. The zero-order valence-corrected chi connectivity index (χ0v) is 14.3. The first-order valence-corrected chi connectivity index (χ1v) is 8.13. The minimum Gasteiger partial charge on any atom is -0.489 e. The van der Waals surface area contributed by atoms with E-state index < -0.39 is 0 Å². The first-order valence-electron chi connectivity index (χ1n) is 7.26. The van der Waals surface area contributed by atoms with E-state index >= 15 is 0 Å². The molecule has 0 aliphatic rings. The number of hydrogen-bond acceptors (Lipinski definition) is 7. The molecule has 7 heteroatoms. The van der Waals surface area contributed by atoms with Crippen LogP contribution in [0.5, 0.6) is 17.4 Å². The molecule has 1 aromatic carbocycles. The second-order valence-corrected chi connectivity index (χ2v) is 6.00. The van der Waals surface area contributed by atoms with Gasteiger partial charge in [0.05, 0.1) is 12.7 Å². The number of rotatable bonds is 5. The quantitative estimate of drug-likeness (QED) is 0.660. The topological polar surface area (TPSA) is 70.5 Å². The van der Waals surface area contributed by atoms with E-state index in [0.717, 1.165) is 15.6 Å². The van der Waals surface area contributed by atoms with Gasteiger partial charge >= 0.3 is 5.97 Å². The highest BCUT2D eigenvalue weighted by molar-refractivity contribution is 7.17. The molecule has 0 atom stereocenters. The number of carbonyl (C=O) groups is 1. The molecule has 0 aliphatic heterocycles. The molecule has 0 radical (unpaired) electrons. The van der Waals surface area contributed by atoms with Crippen LogP contribution < -0.4 is 14.2 Å². The fourth-order valence-corrected chi connectivity index (χ4v) is 3.11. The fraction of sp³-hybridized carbons (Fsp3) is 0.235. The van der Waals surface area contributed by atoms with Gasteiger partial charge in [-0.1, -0.05) is 0 Å². The number of methoxy groups -OCH3 is 1. The van der Waals surface area contributed by atoms with Crippen LogP contribution in [0.3, 0.4) is 0 Å². The van der Waals surface area contributed by atoms with Crippen LogP contribution in [-0.4, -0.2) is 23.0 Å². The zero-order chi connectivity index (χ0) is 17.1. The van der Waals surface area contributed by atoms with Crippen LogP contribution in [-0.2, 0) is 11.4 Å². The van der Waals surface area contributed by atoms with Crippen molar-refractivity contribution >= 4 is 27.4 Å². The Hall–Kier alpha value is -2.67. The number of nitrogens with zero attached hydrogens (tertiary/aromatic N) is 2. The van der Waals surface area contributed by atoms with Crippen LogP contribution in [0.2, 0.25) is 0 Å². The molecule has 0 amide bonds. The molecule has 124 valence electrons. The van der Waals surface area contributed by atoms with E-state index in [0.29, 0.717) is 29.8 Å². The largest absolute Gasteiger partial charge is 0.489 e. The number of ether oxygens (including phenoxy) is 3. The highest BCUT2D eigenvalue weighted by Gasteiger charge is 2.10. The highest BCUT2D eigenvalue weighted by atomic mass is 32.1. The lowest BCUT2D eigenvalue weighted by Gasteiger charge is -2.09. The van der Waals surface area contributed by atoms with Crippen molar-refractivity contribution in [2.24, 2.45) is 0 Å². The van der Waals surface area contributed by atoms with Gasteiger partial charge in [-0.25, -0.2) is 4.98 Å². The molecule has 0 bridgehead atoms. The standard InChI is InChI=1S/C17H16N2O4S/c1-10-18-7-12(17(19-10)21-3)8-22-13-4-5-14-15(23-11(2)20)9-24-16(14)6-13/h4-7,9H,8H2,1-3H3. The average molecular weight is 344 g/mol. The van der Waals surface area contributed by atoms with Crippen molar-refractivity contribution in [2.75, 3.05) is 7.11 Å². The van der Waals surface area contributed by atoms with Crippen molar-refractivity contribution in [3.8, 4) is 17.4 Å². The predicted molar refractivity (Wildman–Crippen MR) is 90.8 cm³/mol. The molecule has 3 aromatic rings. The Kier molecular flexibility index (Phi) is 4.61. The van der Waals surface area contributed by atoms with Gasteiger partial charge in [-0.3, -0.25) is 4.79 Å². The molecule has 0 aliphatic carbocycles. The lowest BCUT2D eigenvalue weighted by Crippen LogP contribution is -2.03. The molecule has 2 heterocycles. The van der Waals surface area contributed by atoms with Crippen molar-refractivity contribution in [1.82, 2.24) is 9.97 Å². The Labute approximate surface area is 143 Å². The summed E-state index contributed by atoms with van der Waals surface area (Å²) in [6.07, 6.45) is 1.70. The number of fused-ring (bicyclic) bond motifs is 1. The highest BCUT2D eigenvalue weighted by Crippen LogP contribution is 2.35. The van der Waals surface area contributed by atoms with Crippen molar-refractivity contribution in [1.29, 1.82) is 0 Å². The molecular formula is C17H16N2O4S. The van der Waals surface area contributed by atoms with Crippen LogP contribution >= 0.6 is 11.3 Å². The molecule has 0 saturated carbocycles. The SMILES string of the molecule is COc1nc(C)ncc1COc1ccc2c(OC(C)=O)csc2c1. The first kappa shape index (κ1) is 16.2. The Bertz CT molecular complexity index is 891. The van der Waals surface area contributed by atoms with Gasteiger partial charge in [-0.2, -0.15) is 4.98 Å². The van der Waals surface area contributed by atoms with E-state index in [4.69, 9.17) is 14.2 Å². The Morgan fingerprint density at radius 3 is 2.92 bits per heavy atom. The molecule has 6 nitrogen and oxygen atoms in total. The minimum absolute atomic E-state index is 0.303. The summed E-state index contributed by atoms with van der Waals surface area (Å²) in [5, 5.41) is 2.70. The summed E-state index contributed by atoms with van der Waals surface area (Å²) < 4.78 is 17.2. The van der Waals surface area contributed by atoms with E-state index in [2.05, 4.69) is 9.97 Å². The summed E-state index contributed by atoms with van der Waals surface area (Å²) in [7, 11) is 1.57. The Morgan fingerprint density at radius 2 is 2.17 bits per heavy atom. The molecule has 0 fully saturated rings. The maximum atomic E-state index is 11.1. The molecule has 0 spiro atoms. The maximum absolute atomic E-state index is 11.1. The Morgan fingerprint density at radius 1 is 1.33 bits per heavy atom. The predicted octanol–water partition coefficient (Wildman–Crippen LogP) is 3.51. The summed E-state index contributed by atoms with van der Waals surface area (Å²) in [4.78, 5) is 19.5. The Balaban J connectivity index is 1.77. The van der Waals surface area contributed by atoms with Crippen molar-refractivity contribution < 1.29 is 19.0 Å². The third-order valence-corrected chi connectivity index (χ3v) is 4.22. The summed E-state index contributed by atoms with van der Waals surface area (Å²) in [5.41, 5.74) is 0.773. The smallest absolute Gasteiger partial charge is 0.308 e. The van der Waals surface area contributed by atoms with E-state index in [1.54, 1.807) is 20.2 Å². The van der Waals surface area contributed by atoms with Crippen LogP contribution in [0.4, 0.5) is 0 Å². The number of esters is 1. The molecule has 3 rings (SSSR count). The van der Waals surface area contributed by atoms with Gasteiger partial charge in [-0.05, 0) is 25.1 Å². The number of thiophene rings is 1. The minimum atomic E-state index is -0.332. The first-order chi connectivity index (χ1) is 11.6. The third kappa shape index (κ3) is 3.46. The van der Waals surface area contributed by atoms with Gasteiger partial charge in [-0.15, -0.1) is 11.3 Å². The van der Waals surface area contributed by atoms with Crippen LogP contribution in [0.25, 0.3) is 10.1 Å². The molecule has 0 saturated heterocycles. The maximum Gasteiger partial charge on any atom is 0.308 e. The summed E-state index contributed by atoms with van der Waals surface area (Å²) in [5.74, 6) is 2.11. The van der Waals surface area contributed by atoms with E-state index in [1.807, 2.05) is 23.6 Å². The summed E-state index contributed by atoms with van der Waals surface area (Å²) in [6, 6.07) is 5.63.